The fourth-order valence-electron chi connectivity index (χ4n) is 2.20. The maximum Gasteiger partial charge on any atom is 0.416 e. The Balaban J connectivity index is 2.22. The molecule has 0 fully saturated rings. The van der Waals surface area contributed by atoms with Crippen molar-refractivity contribution in [2.75, 3.05) is 0 Å². The van der Waals surface area contributed by atoms with Crippen LogP contribution >= 0.6 is 0 Å². The third-order valence-corrected chi connectivity index (χ3v) is 4.71. The maximum atomic E-state index is 12.5. The van der Waals surface area contributed by atoms with E-state index in [1.165, 1.54) is 0 Å². The van der Waals surface area contributed by atoms with Crippen molar-refractivity contribution in [3.8, 4) is 0 Å². The molecular weight excluding hydrogens is 349 g/mol. The third-order valence-electron chi connectivity index (χ3n) is 3.41. The first-order valence-corrected chi connectivity index (χ1v) is 10.3. The Bertz CT molecular complexity index is 465. The standard InChI is InChI=1S/C18H29F3O3Si/c1-13(2)22-17(23-14(3)4)24-25-12-6-5-7-15-8-10-16(11-9-15)18(19,20)21/h8-11,13-14,17H,5-7,12,25H2,1-4H3. The van der Waals surface area contributed by atoms with Crippen LogP contribution in [0.4, 0.5) is 13.2 Å². The van der Waals surface area contributed by atoms with E-state index in [0.717, 1.165) is 43.0 Å². The largest absolute Gasteiger partial charge is 0.416 e. The molecule has 0 heterocycles. The Morgan fingerprint density at radius 3 is 1.96 bits per heavy atom. The van der Waals surface area contributed by atoms with Gasteiger partial charge in [-0.15, -0.1) is 0 Å². The predicted molar refractivity (Wildman–Crippen MR) is 95.0 cm³/mol. The smallest absolute Gasteiger partial charge is 0.379 e. The zero-order valence-electron chi connectivity index (χ0n) is 15.4. The van der Waals surface area contributed by atoms with Crippen molar-refractivity contribution in [2.45, 2.75) is 77.9 Å². The molecule has 0 radical (unpaired) electrons. The molecule has 0 saturated carbocycles. The summed E-state index contributed by atoms with van der Waals surface area (Å²) in [5, 5.41) is 0. The minimum absolute atomic E-state index is 0.0393. The number of rotatable bonds is 11. The van der Waals surface area contributed by atoms with Crippen LogP contribution in [0.25, 0.3) is 0 Å². The lowest BCUT2D eigenvalue weighted by Crippen LogP contribution is -2.28. The second-order valence-electron chi connectivity index (χ2n) is 6.53. The first-order valence-electron chi connectivity index (χ1n) is 8.77. The van der Waals surface area contributed by atoms with Gasteiger partial charge in [-0.05, 0) is 64.3 Å². The number of unbranched alkanes of at least 4 members (excludes halogenated alkanes) is 1. The lowest BCUT2D eigenvalue weighted by atomic mass is 10.1. The molecule has 0 aliphatic rings. The van der Waals surface area contributed by atoms with Gasteiger partial charge in [0.25, 0.3) is 6.48 Å². The van der Waals surface area contributed by atoms with Crippen molar-refractivity contribution in [1.82, 2.24) is 0 Å². The number of hydrogen-bond donors (Lipinski definition) is 0. The van der Waals surface area contributed by atoms with Crippen LogP contribution in [0.2, 0.25) is 6.04 Å². The maximum absolute atomic E-state index is 12.5. The van der Waals surface area contributed by atoms with E-state index in [4.69, 9.17) is 13.9 Å². The quantitative estimate of drug-likeness (QED) is 0.318. The molecule has 25 heavy (non-hydrogen) atoms. The number of aryl methyl sites for hydroxylation is 1. The molecule has 1 rings (SSSR count). The van der Waals surface area contributed by atoms with Crippen molar-refractivity contribution < 1.29 is 27.1 Å². The fourth-order valence-corrected chi connectivity index (χ4v) is 3.28. The molecule has 3 nitrogen and oxygen atoms in total. The van der Waals surface area contributed by atoms with Crippen LogP contribution in [0.1, 0.15) is 51.7 Å². The highest BCUT2D eigenvalue weighted by molar-refractivity contribution is 6.27. The minimum Gasteiger partial charge on any atom is -0.379 e. The van der Waals surface area contributed by atoms with Crippen LogP contribution in [0.3, 0.4) is 0 Å². The molecule has 144 valence electrons. The molecule has 7 heteroatoms. The van der Waals surface area contributed by atoms with Crippen molar-refractivity contribution in [1.29, 1.82) is 0 Å². The van der Waals surface area contributed by atoms with Crippen LogP contribution in [-0.4, -0.2) is 28.4 Å². The summed E-state index contributed by atoms with van der Waals surface area (Å²) >= 11 is 0. The van der Waals surface area contributed by atoms with Gasteiger partial charge in [0.2, 0.25) is 0 Å². The molecule has 0 aliphatic heterocycles. The van der Waals surface area contributed by atoms with Gasteiger partial charge in [-0.25, -0.2) is 0 Å². The van der Waals surface area contributed by atoms with Gasteiger partial charge in [0.15, 0.2) is 9.76 Å². The summed E-state index contributed by atoms with van der Waals surface area (Å²) in [6.07, 6.45) is -1.49. The summed E-state index contributed by atoms with van der Waals surface area (Å²) < 4.78 is 54.4. The number of alkyl halides is 3. The van der Waals surface area contributed by atoms with Crippen LogP contribution in [0, 0.1) is 0 Å². The summed E-state index contributed by atoms with van der Waals surface area (Å²) in [6.45, 7) is 7.15. The average Bonchev–Trinajstić information content (AvgIpc) is 2.49. The zero-order chi connectivity index (χ0) is 18.9. The number of hydrogen-bond acceptors (Lipinski definition) is 3. The van der Waals surface area contributed by atoms with Gasteiger partial charge in [-0.2, -0.15) is 13.2 Å². The van der Waals surface area contributed by atoms with E-state index >= 15 is 0 Å². The molecule has 0 saturated heterocycles. The van der Waals surface area contributed by atoms with Crippen LogP contribution in [0.15, 0.2) is 24.3 Å². The van der Waals surface area contributed by atoms with E-state index in [1.807, 2.05) is 27.7 Å². The van der Waals surface area contributed by atoms with E-state index in [1.54, 1.807) is 12.1 Å². The van der Waals surface area contributed by atoms with Crippen LogP contribution in [-0.2, 0) is 26.5 Å². The fraction of sp³-hybridized carbons (Fsp3) is 0.667. The molecule has 0 N–H and O–H groups in total. The van der Waals surface area contributed by atoms with Crippen molar-refractivity contribution in [3.63, 3.8) is 0 Å². The lowest BCUT2D eigenvalue weighted by molar-refractivity contribution is -0.275. The van der Waals surface area contributed by atoms with Crippen molar-refractivity contribution in [3.05, 3.63) is 35.4 Å². The van der Waals surface area contributed by atoms with Gasteiger partial charge < -0.3 is 13.9 Å². The predicted octanol–water partition coefficient (Wildman–Crippen LogP) is 4.68. The monoisotopic (exact) mass is 378 g/mol. The Morgan fingerprint density at radius 1 is 0.920 bits per heavy atom. The van der Waals surface area contributed by atoms with E-state index in [0.29, 0.717) is 0 Å². The molecule has 0 bridgehead atoms. The molecule has 0 atom stereocenters. The molecular formula is C18H29F3O3Si. The number of halogens is 3. The second-order valence-corrected chi connectivity index (χ2v) is 7.98. The van der Waals surface area contributed by atoms with Crippen LogP contribution < -0.4 is 0 Å². The molecule has 1 aromatic carbocycles. The molecule has 0 aromatic heterocycles. The lowest BCUT2D eigenvalue weighted by Gasteiger charge is -2.23. The van der Waals surface area contributed by atoms with Gasteiger partial charge in [-0.3, -0.25) is 0 Å². The van der Waals surface area contributed by atoms with Crippen molar-refractivity contribution in [2.24, 2.45) is 0 Å². The summed E-state index contributed by atoms with van der Waals surface area (Å²) in [5.74, 6) is 0. The van der Waals surface area contributed by atoms with Crippen molar-refractivity contribution >= 4 is 9.76 Å². The average molecular weight is 379 g/mol. The van der Waals surface area contributed by atoms with Gasteiger partial charge in [0, 0.05) is 0 Å². The van der Waals surface area contributed by atoms with Crippen LogP contribution in [0.5, 0.6) is 0 Å². The molecule has 1 aromatic rings. The topological polar surface area (TPSA) is 27.7 Å². The SMILES string of the molecule is CC(C)OC(O[SiH2]CCCCc1ccc(C(F)(F)F)cc1)OC(C)C. The molecule has 0 unspecified atom stereocenters. The highest BCUT2D eigenvalue weighted by Gasteiger charge is 2.29. The second kappa shape index (κ2) is 11.0. The van der Waals surface area contributed by atoms with Gasteiger partial charge >= 0.3 is 6.18 Å². The normalized spacial score (nSPS) is 13.0. The Labute approximate surface area is 150 Å². The number of benzene rings is 1. The van der Waals surface area contributed by atoms with E-state index < -0.39 is 28.0 Å². The zero-order valence-corrected chi connectivity index (χ0v) is 16.8. The van der Waals surface area contributed by atoms with Gasteiger partial charge in [0.05, 0.1) is 17.8 Å². The van der Waals surface area contributed by atoms with E-state index in [2.05, 4.69) is 0 Å². The minimum atomic E-state index is -4.27. The Morgan fingerprint density at radius 2 is 1.48 bits per heavy atom. The summed E-state index contributed by atoms with van der Waals surface area (Å²) in [4.78, 5) is 0. The molecule has 0 aliphatic carbocycles. The molecule has 0 amide bonds. The van der Waals surface area contributed by atoms with E-state index in [9.17, 15) is 13.2 Å². The summed E-state index contributed by atoms with van der Waals surface area (Å²) in [7, 11) is -0.746. The summed E-state index contributed by atoms with van der Waals surface area (Å²) in [6, 6.07) is 6.38. The number of ether oxygens (including phenoxy) is 2. The third kappa shape index (κ3) is 9.99. The highest BCUT2D eigenvalue weighted by atomic mass is 28.2. The van der Waals surface area contributed by atoms with E-state index in [-0.39, 0.29) is 12.2 Å². The first kappa shape index (κ1) is 22.1. The Kier molecular flexibility index (Phi) is 9.71. The first-order chi connectivity index (χ1) is 11.7. The summed E-state index contributed by atoms with van der Waals surface area (Å²) in [5.41, 5.74) is 0.332. The molecule has 0 spiro atoms. The van der Waals surface area contributed by atoms with Gasteiger partial charge in [-0.1, -0.05) is 18.6 Å². The Hall–Kier alpha value is -0.893. The van der Waals surface area contributed by atoms with Gasteiger partial charge in [0.1, 0.15) is 0 Å². The highest BCUT2D eigenvalue weighted by Crippen LogP contribution is 2.29.